The fourth-order valence-corrected chi connectivity index (χ4v) is 4.07. The Morgan fingerprint density at radius 1 is 1.17 bits per heavy atom. The standard InChI is InChI=1S/C25H34N2O3/c1-18-22(29-20-10-6-5-7-11-20)14-13-21(26)24(18)27-16-8-9-19(17-27)12-15-23(28)30-25(2,3)4/h5-7,10-11,13-14,19H,8-9,12,15-17,26H2,1-4H3/t19-/m1/s1. The third-order valence-corrected chi connectivity index (χ3v) is 5.40. The number of esters is 1. The quantitative estimate of drug-likeness (QED) is 0.488. The number of nitrogens with two attached hydrogens (primary N) is 1. The maximum Gasteiger partial charge on any atom is 0.306 e. The van der Waals surface area contributed by atoms with Gasteiger partial charge < -0.3 is 20.1 Å². The number of rotatable bonds is 6. The van der Waals surface area contributed by atoms with Gasteiger partial charge in [-0.25, -0.2) is 0 Å². The molecule has 0 unspecified atom stereocenters. The van der Waals surface area contributed by atoms with Crippen LogP contribution < -0.4 is 15.4 Å². The summed E-state index contributed by atoms with van der Waals surface area (Å²) in [6.45, 7) is 9.63. The van der Waals surface area contributed by atoms with Crippen molar-refractivity contribution in [3.8, 4) is 11.5 Å². The van der Waals surface area contributed by atoms with Crippen molar-refractivity contribution in [2.45, 2.75) is 59.0 Å². The van der Waals surface area contributed by atoms with Crippen LogP contribution in [0.4, 0.5) is 11.4 Å². The van der Waals surface area contributed by atoms with Crippen LogP contribution in [0.5, 0.6) is 11.5 Å². The summed E-state index contributed by atoms with van der Waals surface area (Å²) >= 11 is 0. The molecule has 0 saturated carbocycles. The third-order valence-electron chi connectivity index (χ3n) is 5.40. The average Bonchev–Trinajstić information content (AvgIpc) is 2.69. The molecule has 30 heavy (non-hydrogen) atoms. The molecule has 1 saturated heterocycles. The smallest absolute Gasteiger partial charge is 0.306 e. The van der Waals surface area contributed by atoms with E-state index in [0.29, 0.717) is 12.3 Å². The second-order valence-corrected chi connectivity index (χ2v) is 9.12. The zero-order valence-corrected chi connectivity index (χ0v) is 18.6. The van der Waals surface area contributed by atoms with Gasteiger partial charge in [0, 0.05) is 25.1 Å². The van der Waals surface area contributed by atoms with Crippen LogP contribution in [-0.4, -0.2) is 24.7 Å². The van der Waals surface area contributed by atoms with Gasteiger partial charge in [-0.1, -0.05) is 18.2 Å². The maximum absolute atomic E-state index is 12.1. The Hall–Kier alpha value is -2.69. The number of nitrogens with zero attached hydrogens (tertiary/aromatic N) is 1. The van der Waals surface area contributed by atoms with Gasteiger partial charge in [0.05, 0.1) is 11.4 Å². The predicted octanol–water partition coefficient (Wildman–Crippen LogP) is 5.71. The topological polar surface area (TPSA) is 64.8 Å². The molecular formula is C25H34N2O3. The van der Waals surface area contributed by atoms with Crippen LogP contribution in [0.2, 0.25) is 0 Å². The van der Waals surface area contributed by atoms with E-state index in [2.05, 4.69) is 11.8 Å². The first-order valence-electron chi connectivity index (χ1n) is 10.8. The van der Waals surface area contributed by atoms with Gasteiger partial charge in [-0.05, 0) is 77.1 Å². The lowest BCUT2D eigenvalue weighted by Crippen LogP contribution is -2.36. The van der Waals surface area contributed by atoms with Crippen molar-refractivity contribution in [2.24, 2.45) is 5.92 Å². The summed E-state index contributed by atoms with van der Waals surface area (Å²) in [5.74, 6) is 1.96. The van der Waals surface area contributed by atoms with E-state index >= 15 is 0 Å². The van der Waals surface area contributed by atoms with Crippen LogP contribution in [0.3, 0.4) is 0 Å². The molecule has 0 spiro atoms. The van der Waals surface area contributed by atoms with Gasteiger partial charge in [0.25, 0.3) is 0 Å². The first-order valence-corrected chi connectivity index (χ1v) is 10.8. The van der Waals surface area contributed by atoms with E-state index in [0.717, 1.165) is 60.8 Å². The highest BCUT2D eigenvalue weighted by Crippen LogP contribution is 2.38. The second kappa shape index (κ2) is 9.41. The molecule has 0 radical (unpaired) electrons. The summed E-state index contributed by atoms with van der Waals surface area (Å²) in [7, 11) is 0. The van der Waals surface area contributed by atoms with Crippen molar-refractivity contribution in [3.05, 3.63) is 48.0 Å². The first kappa shape index (κ1) is 22.0. The second-order valence-electron chi connectivity index (χ2n) is 9.12. The molecule has 1 aliphatic rings. The number of para-hydroxylation sites is 1. The summed E-state index contributed by atoms with van der Waals surface area (Å²) in [6.07, 6.45) is 3.51. The molecule has 0 aromatic heterocycles. The molecule has 162 valence electrons. The van der Waals surface area contributed by atoms with Crippen LogP contribution in [0, 0.1) is 12.8 Å². The van der Waals surface area contributed by atoms with Gasteiger partial charge in [0.2, 0.25) is 0 Å². The molecule has 5 heteroatoms. The summed E-state index contributed by atoms with van der Waals surface area (Å²) < 4.78 is 11.6. The summed E-state index contributed by atoms with van der Waals surface area (Å²) in [5, 5.41) is 0. The lowest BCUT2D eigenvalue weighted by molar-refractivity contribution is -0.155. The molecule has 2 N–H and O–H groups in total. The molecule has 0 aliphatic carbocycles. The monoisotopic (exact) mass is 410 g/mol. The number of carbonyl (C=O) groups excluding carboxylic acids is 1. The number of ether oxygens (including phenoxy) is 2. The van der Waals surface area contributed by atoms with E-state index in [9.17, 15) is 4.79 Å². The van der Waals surface area contributed by atoms with E-state index in [1.807, 2.05) is 63.2 Å². The molecule has 0 bridgehead atoms. The predicted molar refractivity (Wildman–Crippen MR) is 122 cm³/mol. The summed E-state index contributed by atoms with van der Waals surface area (Å²) in [5.41, 5.74) is 8.81. The number of piperidine rings is 1. The Morgan fingerprint density at radius 2 is 1.90 bits per heavy atom. The van der Waals surface area contributed by atoms with E-state index in [-0.39, 0.29) is 5.97 Å². The lowest BCUT2D eigenvalue weighted by Gasteiger charge is -2.36. The number of nitrogen functional groups attached to an aromatic ring is 1. The molecule has 3 rings (SSSR count). The fourth-order valence-electron chi connectivity index (χ4n) is 4.07. The van der Waals surface area contributed by atoms with Crippen molar-refractivity contribution >= 4 is 17.3 Å². The van der Waals surface area contributed by atoms with Gasteiger partial charge in [0.1, 0.15) is 17.1 Å². The van der Waals surface area contributed by atoms with Crippen LogP contribution in [0.25, 0.3) is 0 Å². The van der Waals surface area contributed by atoms with E-state index in [4.69, 9.17) is 15.2 Å². The highest BCUT2D eigenvalue weighted by molar-refractivity contribution is 5.75. The Labute approximate surface area is 180 Å². The molecule has 2 aromatic carbocycles. The van der Waals surface area contributed by atoms with Gasteiger partial charge >= 0.3 is 5.97 Å². The number of hydrogen-bond donors (Lipinski definition) is 1. The Kier molecular flexibility index (Phi) is 6.91. The van der Waals surface area contributed by atoms with Crippen LogP contribution >= 0.6 is 0 Å². The SMILES string of the molecule is Cc1c(Oc2ccccc2)ccc(N)c1N1CCC[C@H](CCC(=O)OC(C)(C)C)C1. The Bertz CT molecular complexity index is 859. The maximum atomic E-state index is 12.1. The molecule has 0 amide bonds. The zero-order valence-electron chi connectivity index (χ0n) is 18.6. The van der Waals surface area contributed by atoms with Crippen molar-refractivity contribution in [1.29, 1.82) is 0 Å². The highest BCUT2D eigenvalue weighted by atomic mass is 16.6. The normalized spacial score (nSPS) is 16.9. The Balaban J connectivity index is 1.69. The number of hydrogen-bond acceptors (Lipinski definition) is 5. The molecule has 1 fully saturated rings. The average molecular weight is 411 g/mol. The molecule has 1 heterocycles. The van der Waals surface area contributed by atoms with Crippen molar-refractivity contribution in [2.75, 3.05) is 23.7 Å². The molecule has 1 aliphatic heterocycles. The third kappa shape index (κ3) is 5.91. The van der Waals surface area contributed by atoms with E-state index in [1.165, 1.54) is 0 Å². The highest BCUT2D eigenvalue weighted by Gasteiger charge is 2.25. The molecule has 1 atom stereocenters. The number of carbonyl (C=O) groups is 1. The zero-order chi connectivity index (χ0) is 21.7. The van der Waals surface area contributed by atoms with E-state index < -0.39 is 5.60 Å². The number of anilines is 2. The Morgan fingerprint density at radius 3 is 2.60 bits per heavy atom. The van der Waals surface area contributed by atoms with Gasteiger partial charge in [-0.3, -0.25) is 4.79 Å². The van der Waals surface area contributed by atoms with Gasteiger partial charge in [-0.15, -0.1) is 0 Å². The molecular weight excluding hydrogens is 376 g/mol. The molecule has 2 aromatic rings. The van der Waals surface area contributed by atoms with Crippen molar-refractivity contribution in [1.82, 2.24) is 0 Å². The summed E-state index contributed by atoms with van der Waals surface area (Å²) in [6, 6.07) is 13.6. The lowest BCUT2D eigenvalue weighted by atomic mass is 9.92. The summed E-state index contributed by atoms with van der Waals surface area (Å²) in [4.78, 5) is 14.5. The van der Waals surface area contributed by atoms with Crippen LogP contribution in [0.1, 0.15) is 52.0 Å². The minimum absolute atomic E-state index is 0.117. The van der Waals surface area contributed by atoms with Crippen LogP contribution in [0.15, 0.2) is 42.5 Å². The van der Waals surface area contributed by atoms with Crippen LogP contribution in [-0.2, 0) is 9.53 Å². The van der Waals surface area contributed by atoms with Crippen molar-refractivity contribution < 1.29 is 14.3 Å². The van der Waals surface area contributed by atoms with Crippen molar-refractivity contribution in [3.63, 3.8) is 0 Å². The van der Waals surface area contributed by atoms with E-state index in [1.54, 1.807) is 0 Å². The van der Waals surface area contributed by atoms with Gasteiger partial charge in [-0.2, -0.15) is 0 Å². The van der Waals surface area contributed by atoms with Gasteiger partial charge in [0.15, 0.2) is 0 Å². The first-order chi connectivity index (χ1) is 14.2. The largest absolute Gasteiger partial charge is 0.460 e. The minimum Gasteiger partial charge on any atom is -0.460 e. The fraction of sp³-hybridized carbons (Fsp3) is 0.480. The minimum atomic E-state index is -0.430. The number of benzene rings is 2. The molecule has 5 nitrogen and oxygen atoms in total.